The average Bonchev–Trinajstić information content (AvgIpc) is 2.75. The second-order valence-electron chi connectivity index (χ2n) is 6.85. The molecule has 10 nitrogen and oxygen atoms in total. The number of nitrogens with zero attached hydrogens (tertiary/aromatic N) is 1. The molecule has 6 radical (unpaired) electrons. The summed E-state index contributed by atoms with van der Waals surface area (Å²) < 4.78 is 25.4. The summed E-state index contributed by atoms with van der Waals surface area (Å²) >= 11 is 0. The number of hydrogen-bond donors (Lipinski definition) is 4. The fraction of sp³-hybridized carbons (Fsp3) is 0.643. The lowest BCUT2D eigenvalue weighted by Gasteiger charge is -2.41. The van der Waals surface area contributed by atoms with Gasteiger partial charge in [-0.2, -0.15) is 0 Å². The summed E-state index contributed by atoms with van der Waals surface area (Å²) in [5.74, 6) is -5.30. The molecule has 0 amide bonds. The van der Waals surface area contributed by atoms with E-state index in [1.165, 1.54) is 0 Å². The first kappa shape index (κ1) is 22.4. The Morgan fingerprint density at radius 2 is 2.00 bits per heavy atom. The molecule has 1 aromatic rings. The summed E-state index contributed by atoms with van der Waals surface area (Å²) in [5, 5.41) is 17.2. The summed E-state index contributed by atoms with van der Waals surface area (Å²) in [4.78, 5) is 37.0. The number of aromatic amines is 1. The maximum absolute atomic E-state index is 15.5. The van der Waals surface area contributed by atoms with Gasteiger partial charge in [-0.1, -0.05) is 13.8 Å². The smallest absolute Gasteiger partial charge is 0.330 e. The third-order valence-corrected chi connectivity index (χ3v) is 4.41. The van der Waals surface area contributed by atoms with Crippen molar-refractivity contribution in [3.8, 4) is 0 Å². The van der Waals surface area contributed by atoms with Gasteiger partial charge in [-0.15, -0.1) is 0 Å². The van der Waals surface area contributed by atoms with Gasteiger partial charge in [-0.3, -0.25) is 19.1 Å². The lowest BCUT2D eigenvalue weighted by molar-refractivity contribution is -0.250. The second-order valence-corrected chi connectivity index (χ2v) is 6.85. The molecule has 1 fully saturated rings. The number of hydrogen-bond acceptors (Lipinski definition) is 8. The van der Waals surface area contributed by atoms with Crippen LogP contribution in [-0.2, 0) is 19.9 Å². The van der Waals surface area contributed by atoms with Gasteiger partial charge in [0.05, 0.1) is 5.40 Å². The fourth-order valence-electron chi connectivity index (χ4n) is 2.56. The van der Waals surface area contributed by atoms with E-state index in [1.54, 1.807) is 13.8 Å². The predicted octanol–water partition coefficient (Wildman–Crippen LogP) is -3.75. The lowest BCUT2D eigenvalue weighted by atomic mass is 9.59. The van der Waals surface area contributed by atoms with Gasteiger partial charge in [0.25, 0.3) is 11.4 Å². The van der Waals surface area contributed by atoms with Crippen LogP contribution in [0.15, 0.2) is 21.9 Å². The Bertz CT molecular complexity index is 878. The summed E-state index contributed by atoms with van der Waals surface area (Å²) in [6.45, 7) is 3.15. The Labute approximate surface area is 162 Å². The van der Waals surface area contributed by atoms with Crippen LogP contribution in [0.5, 0.6) is 0 Å². The van der Waals surface area contributed by atoms with Gasteiger partial charge in [0.1, 0.15) is 47.4 Å². The van der Waals surface area contributed by atoms with Crippen molar-refractivity contribution in [3.05, 3.63) is 33.1 Å². The maximum Gasteiger partial charge on any atom is 0.330 e. The third-order valence-electron chi connectivity index (χ3n) is 4.41. The number of alkyl halides is 1. The van der Waals surface area contributed by atoms with Crippen LogP contribution in [0.4, 0.5) is 4.39 Å². The fourth-order valence-corrected chi connectivity index (χ4v) is 2.56. The molecule has 0 aliphatic carbocycles. The first-order valence-corrected chi connectivity index (χ1v) is 8.10. The van der Waals surface area contributed by atoms with Gasteiger partial charge in [0, 0.05) is 12.3 Å². The van der Waals surface area contributed by atoms with Crippen molar-refractivity contribution in [1.82, 2.24) is 9.55 Å². The SMILES string of the molecule is [B]C([B])(OC(=O)[C@@H](N)C(C)C)[C@@]1(F)O[C@@]([B])(n2ccc(=O)[nH]c2=O)[C@H](O)[C@@H]1O. The van der Waals surface area contributed by atoms with Crippen LogP contribution < -0.4 is 17.0 Å². The molecule has 28 heavy (non-hydrogen) atoms. The summed E-state index contributed by atoms with van der Waals surface area (Å²) in [6, 6.07) is -0.403. The van der Waals surface area contributed by atoms with Crippen molar-refractivity contribution >= 4 is 29.5 Å². The highest BCUT2D eigenvalue weighted by Crippen LogP contribution is 2.45. The zero-order chi connectivity index (χ0) is 21.7. The first-order chi connectivity index (χ1) is 12.7. The molecule has 0 aromatic carbocycles. The average molecular weight is 391 g/mol. The molecule has 0 spiro atoms. The van der Waals surface area contributed by atoms with E-state index in [4.69, 9.17) is 34.0 Å². The van der Waals surface area contributed by atoms with Gasteiger partial charge in [0.15, 0.2) is 0 Å². The molecule has 0 unspecified atom stereocenters. The molecule has 5 N–H and O–H groups in total. The van der Waals surface area contributed by atoms with Crippen molar-refractivity contribution in [2.45, 2.75) is 49.0 Å². The minimum Gasteiger partial charge on any atom is -0.473 e. The largest absolute Gasteiger partial charge is 0.473 e. The van der Waals surface area contributed by atoms with Crippen LogP contribution >= 0.6 is 0 Å². The minimum absolute atomic E-state index is 0.404. The molecule has 1 saturated heterocycles. The number of ether oxygens (including phenoxy) is 2. The molecule has 146 valence electrons. The van der Waals surface area contributed by atoms with E-state index in [-0.39, 0.29) is 0 Å². The van der Waals surface area contributed by atoms with Crippen molar-refractivity contribution in [2.75, 3.05) is 0 Å². The number of aromatic nitrogens is 2. The molecule has 1 aliphatic rings. The molecule has 2 heterocycles. The lowest BCUT2D eigenvalue weighted by Crippen LogP contribution is -2.62. The number of halogens is 1. The van der Waals surface area contributed by atoms with Crippen LogP contribution in [0.25, 0.3) is 0 Å². The highest BCUT2D eigenvalue weighted by molar-refractivity contribution is 6.40. The van der Waals surface area contributed by atoms with Crippen LogP contribution in [0.2, 0.25) is 0 Å². The molecule has 0 bridgehead atoms. The van der Waals surface area contributed by atoms with Gasteiger partial charge in [0.2, 0.25) is 0 Å². The quantitative estimate of drug-likeness (QED) is 0.295. The van der Waals surface area contributed by atoms with E-state index in [9.17, 15) is 24.6 Å². The molecule has 5 atom stereocenters. The molecule has 1 aliphatic heterocycles. The number of esters is 1. The molecular weight excluding hydrogens is 374 g/mol. The zero-order valence-corrected chi connectivity index (χ0v) is 15.0. The zero-order valence-electron chi connectivity index (χ0n) is 15.0. The Balaban J connectivity index is 2.44. The molecule has 14 heteroatoms. The van der Waals surface area contributed by atoms with Crippen molar-refractivity contribution < 1.29 is 28.9 Å². The Kier molecular flexibility index (Phi) is 5.74. The Morgan fingerprint density at radius 1 is 1.43 bits per heavy atom. The number of nitrogens with two attached hydrogens (primary N) is 1. The van der Waals surface area contributed by atoms with E-state index >= 15 is 4.39 Å². The van der Waals surface area contributed by atoms with Crippen LogP contribution in [0.3, 0.4) is 0 Å². The second kappa shape index (κ2) is 7.18. The Morgan fingerprint density at radius 3 is 2.50 bits per heavy atom. The number of aliphatic hydroxyl groups is 2. The van der Waals surface area contributed by atoms with Crippen molar-refractivity contribution in [3.63, 3.8) is 0 Å². The number of rotatable bonds is 5. The van der Waals surface area contributed by atoms with E-state index in [0.29, 0.717) is 4.57 Å². The standard InChI is InChI=1S/C14H17B3FN3O7/c1-5(2)7(19)10(25)27-14(16,17)12(18)8(23)9(24)13(15,28-12)21-4-3-6(22)20-11(21)26/h3-5,7-9,23-24H,19H2,1-2H3,(H,20,22,26)/t7-,8-,9+,12-,13-/m0/s1. The highest BCUT2D eigenvalue weighted by atomic mass is 19.2. The Hall–Kier alpha value is -1.89. The number of nitrogens with one attached hydrogen (secondary N) is 1. The van der Waals surface area contributed by atoms with Gasteiger partial charge in [-0.25, -0.2) is 9.18 Å². The molecular formula is C14H17B3FN3O7. The maximum atomic E-state index is 15.5. The van der Waals surface area contributed by atoms with Crippen LogP contribution in [-0.4, -0.2) is 78.8 Å². The topological polar surface area (TPSA) is 157 Å². The third kappa shape index (κ3) is 3.45. The van der Waals surface area contributed by atoms with E-state index in [0.717, 1.165) is 12.3 Å². The number of carbonyl (C=O) groups is 1. The monoisotopic (exact) mass is 391 g/mol. The normalized spacial score (nSPS) is 31.7. The summed E-state index contributed by atoms with van der Waals surface area (Å²) in [6.07, 6.45) is -4.09. The van der Waals surface area contributed by atoms with Crippen molar-refractivity contribution in [1.29, 1.82) is 0 Å². The summed E-state index contributed by atoms with van der Waals surface area (Å²) in [5.41, 5.74) is 0.824. The van der Waals surface area contributed by atoms with Gasteiger partial charge >= 0.3 is 11.7 Å². The van der Waals surface area contributed by atoms with E-state index in [1.807, 2.05) is 4.98 Å². The van der Waals surface area contributed by atoms with Crippen LogP contribution in [0, 0.1) is 5.92 Å². The minimum atomic E-state index is -3.66. The van der Waals surface area contributed by atoms with Crippen LogP contribution in [0.1, 0.15) is 13.8 Å². The molecule has 0 saturated carbocycles. The highest BCUT2D eigenvalue weighted by Gasteiger charge is 2.68. The first-order valence-electron chi connectivity index (χ1n) is 8.10. The van der Waals surface area contributed by atoms with Gasteiger partial charge < -0.3 is 25.4 Å². The molecule has 1 aromatic heterocycles. The summed E-state index contributed by atoms with van der Waals surface area (Å²) in [7, 11) is 16.8. The van der Waals surface area contributed by atoms with Crippen molar-refractivity contribution in [2.24, 2.45) is 11.7 Å². The number of carbonyl (C=O) groups excluding carboxylic acids is 1. The predicted molar refractivity (Wildman–Crippen MR) is 95.1 cm³/mol. The molecule has 2 rings (SSSR count). The van der Waals surface area contributed by atoms with E-state index < -0.39 is 58.3 Å². The number of aliphatic hydroxyl groups excluding tert-OH is 2. The van der Waals surface area contributed by atoms with Gasteiger partial charge in [-0.05, 0) is 5.92 Å². The van der Waals surface area contributed by atoms with E-state index in [2.05, 4.69) is 4.74 Å². The number of H-pyrrole nitrogens is 1.